The van der Waals surface area contributed by atoms with Gasteiger partial charge in [0, 0.05) is 17.7 Å². The Labute approximate surface area is 190 Å². The van der Waals surface area contributed by atoms with E-state index in [1.54, 1.807) is 24.3 Å². The number of likely N-dealkylation sites (tertiary alicyclic amines) is 1. The highest BCUT2D eigenvalue weighted by Crippen LogP contribution is 2.37. The van der Waals surface area contributed by atoms with E-state index >= 15 is 0 Å². The molecule has 0 aliphatic carbocycles. The van der Waals surface area contributed by atoms with Gasteiger partial charge in [0.15, 0.2) is 0 Å². The van der Waals surface area contributed by atoms with Crippen LogP contribution in [0.1, 0.15) is 49.9 Å². The number of carbonyl (C=O) groups is 2. The topological polar surface area (TPSA) is 79.9 Å². The van der Waals surface area contributed by atoms with Gasteiger partial charge in [-0.2, -0.15) is 0 Å². The summed E-state index contributed by atoms with van der Waals surface area (Å²) < 4.78 is 11.5. The van der Waals surface area contributed by atoms with Gasteiger partial charge in [0.05, 0.1) is 31.1 Å². The van der Waals surface area contributed by atoms with Crippen molar-refractivity contribution in [2.45, 2.75) is 39.5 Å². The Morgan fingerprint density at radius 3 is 1.97 bits per heavy atom. The Morgan fingerprint density at radius 1 is 0.844 bits per heavy atom. The molecule has 0 radical (unpaired) electrons. The molecule has 1 heterocycles. The number of nitrogens with one attached hydrogen (secondary N) is 2. The molecule has 7 heteroatoms. The molecule has 1 aliphatic heterocycles. The minimum Gasteiger partial charge on any atom is -0.492 e. The van der Waals surface area contributed by atoms with Crippen molar-refractivity contribution in [2.24, 2.45) is 0 Å². The zero-order chi connectivity index (χ0) is 22.8. The molecule has 1 fully saturated rings. The molecule has 0 aromatic heterocycles. The van der Waals surface area contributed by atoms with E-state index < -0.39 is 0 Å². The fourth-order valence-electron chi connectivity index (χ4n) is 3.78. The van der Waals surface area contributed by atoms with Crippen LogP contribution in [0.4, 0.5) is 11.4 Å². The maximum atomic E-state index is 12.7. The predicted molar refractivity (Wildman–Crippen MR) is 127 cm³/mol. The average molecular weight is 440 g/mol. The van der Waals surface area contributed by atoms with Crippen molar-refractivity contribution < 1.29 is 19.1 Å². The van der Waals surface area contributed by atoms with Gasteiger partial charge in [-0.15, -0.1) is 0 Å². The van der Waals surface area contributed by atoms with Crippen molar-refractivity contribution in [3.63, 3.8) is 0 Å². The van der Waals surface area contributed by atoms with E-state index in [1.165, 1.54) is 12.8 Å². The second-order valence-electron chi connectivity index (χ2n) is 7.77. The van der Waals surface area contributed by atoms with E-state index in [4.69, 9.17) is 9.47 Å². The molecule has 7 nitrogen and oxygen atoms in total. The zero-order valence-electron chi connectivity index (χ0n) is 19.0. The van der Waals surface area contributed by atoms with Gasteiger partial charge in [-0.25, -0.2) is 0 Å². The van der Waals surface area contributed by atoms with Crippen LogP contribution in [0.15, 0.2) is 42.5 Å². The van der Waals surface area contributed by atoms with E-state index in [-0.39, 0.29) is 11.8 Å². The van der Waals surface area contributed by atoms with Crippen LogP contribution in [-0.4, -0.2) is 49.6 Å². The normalized spacial score (nSPS) is 14.3. The van der Waals surface area contributed by atoms with Crippen molar-refractivity contribution in [3.05, 3.63) is 48.0 Å². The number of hydrogen-bond acceptors (Lipinski definition) is 5. The quantitative estimate of drug-likeness (QED) is 0.599. The highest BCUT2D eigenvalue weighted by molar-refractivity contribution is 6.05. The van der Waals surface area contributed by atoms with E-state index in [2.05, 4.69) is 15.5 Å². The van der Waals surface area contributed by atoms with Crippen LogP contribution in [0, 0.1) is 0 Å². The standard InChI is InChI=1S/C25H33N3O4/c1-3-31-22-17-21(27-25(30)19-12-8-7-9-13-19)23(32-4-2)16-20(22)26-24(29)18-28-14-10-5-6-11-15-28/h7-9,12-13,16-17H,3-6,10-11,14-15,18H2,1-2H3,(H,26,29)(H,27,30). The first kappa shape index (κ1) is 23.6. The minimum atomic E-state index is -0.244. The molecule has 3 rings (SSSR count). The Morgan fingerprint density at radius 2 is 1.41 bits per heavy atom. The highest BCUT2D eigenvalue weighted by atomic mass is 16.5. The summed E-state index contributed by atoms with van der Waals surface area (Å²) in [4.78, 5) is 27.6. The molecule has 2 N–H and O–H groups in total. The second kappa shape index (κ2) is 12.1. The highest BCUT2D eigenvalue weighted by Gasteiger charge is 2.18. The van der Waals surface area contributed by atoms with Gasteiger partial charge in [-0.05, 0) is 51.9 Å². The molecule has 0 atom stereocenters. The molecule has 0 saturated carbocycles. The summed E-state index contributed by atoms with van der Waals surface area (Å²) in [6.45, 7) is 6.83. The summed E-state index contributed by atoms with van der Waals surface area (Å²) in [5.74, 6) is 0.636. The van der Waals surface area contributed by atoms with Gasteiger partial charge in [0.2, 0.25) is 5.91 Å². The fourth-order valence-corrected chi connectivity index (χ4v) is 3.78. The lowest BCUT2D eigenvalue weighted by Crippen LogP contribution is -2.34. The first-order chi connectivity index (χ1) is 15.6. The molecule has 1 aliphatic rings. The lowest BCUT2D eigenvalue weighted by molar-refractivity contribution is -0.117. The van der Waals surface area contributed by atoms with Gasteiger partial charge < -0.3 is 20.1 Å². The van der Waals surface area contributed by atoms with Gasteiger partial charge in [-0.3, -0.25) is 14.5 Å². The maximum Gasteiger partial charge on any atom is 0.255 e. The summed E-state index contributed by atoms with van der Waals surface area (Å²) in [5.41, 5.74) is 1.57. The lowest BCUT2D eigenvalue weighted by Gasteiger charge is -2.21. The van der Waals surface area contributed by atoms with E-state index in [9.17, 15) is 9.59 Å². The Bertz CT molecular complexity index is 894. The van der Waals surface area contributed by atoms with Crippen LogP contribution in [0.2, 0.25) is 0 Å². The largest absolute Gasteiger partial charge is 0.492 e. The van der Waals surface area contributed by atoms with Crippen molar-refractivity contribution in [1.82, 2.24) is 4.90 Å². The summed E-state index contributed by atoms with van der Waals surface area (Å²) in [5, 5.41) is 5.87. The van der Waals surface area contributed by atoms with Crippen molar-refractivity contribution in [3.8, 4) is 11.5 Å². The van der Waals surface area contributed by atoms with E-state index in [0.29, 0.717) is 48.2 Å². The third-order valence-electron chi connectivity index (χ3n) is 5.31. The average Bonchev–Trinajstić information content (AvgIpc) is 3.06. The Hall–Kier alpha value is -3.06. The number of hydrogen-bond donors (Lipinski definition) is 2. The van der Waals surface area contributed by atoms with Crippen molar-refractivity contribution >= 4 is 23.2 Å². The molecule has 172 valence electrons. The van der Waals surface area contributed by atoms with Gasteiger partial charge >= 0.3 is 0 Å². The first-order valence-corrected chi connectivity index (χ1v) is 11.4. The second-order valence-corrected chi connectivity index (χ2v) is 7.77. The number of ether oxygens (including phenoxy) is 2. The maximum absolute atomic E-state index is 12.7. The number of amides is 2. The summed E-state index contributed by atoms with van der Waals surface area (Å²) in [6, 6.07) is 12.4. The Kier molecular flexibility index (Phi) is 8.92. The molecule has 32 heavy (non-hydrogen) atoms. The molecule has 1 saturated heterocycles. The lowest BCUT2D eigenvalue weighted by atomic mass is 10.2. The van der Waals surface area contributed by atoms with Crippen LogP contribution in [0.3, 0.4) is 0 Å². The van der Waals surface area contributed by atoms with Crippen LogP contribution in [0.5, 0.6) is 11.5 Å². The van der Waals surface area contributed by atoms with E-state index in [0.717, 1.165) is 25.9 Å². The van der Waals surface area contributed by atoms with Crippen LogP contribution in [0.25, 0.3) is 0 Å². The van der Waals surface area contributed by atoms with E-state index in [1.807, 2.05) is 32.0 Å². The van der Waals surface area contributed by atoms with Crippen molar-refractivity contribution in [2.75, 3.05) is 43.5 Å². The molecular weight excluding hydrogens is 406 g/mol. The summed E-state index contributed by atoms with van der Waals surface area (Å²) in [6.07, 6.45) is 4.70. The molecular formula is C25H33N3O4. The molecule has 2 aromatic rings. The Balaban J connectivity index is 1.79. The number of nitrogens with zero attached hydrogens (tertiary/aromatic N) is 1. The summed E-state index contributed by atoms with van der Waals surface area (Å²) >= 11 is 0. The van der Waals surface area contributed by atoms with Crippen LogP contribution in [-0.2, 0) is 4.79 Å². The summed E-state index contributed by atoms with van der Waals surface area (Å²) in [7, 11) is 0. The molecule has 2 amide bonds. The molecule has 0 bridgehead atoms. The fraction of sp³-hybridized carbons (Fsp3) is 0.440. The third-order valence-corrected chi connectivity index (χ3v) is 5.31. The van der Waals surface area contributed by atoms with Gasteiger partial charge in [0.25, 0.3) is 5.91 Å². The van der Waals surface area contributed by atoms with Crippen molar-refractivity contribution in [1.29, 1.82) is 0 Å². The predicted octanol–water partition coefficient (Wildman–Crippen LogP) is 4.55. The van der Waals surface area contributed by atoms with Gasteiger partial charge in [-0.1, -0.05) is 31.0 Å². The monoisotopic (exact) mass is 439 g/mol. The number of carbonyl (C=O) groups excluding carboxylic acids is 2. The number of benzene rings is 2. The minimum absolute atomic E-state index is 0.0867. The zero-order valence-corrected chi connectivity index (χ0v) is 19.0. The van der Waals surface area contributed by atoms with Crippen LogP contribution < -0.4 is 20.1 Å². The molecule has 0 spiro atoms. The smallest absolute Gasteiger partial charge is 0.255 e. The molecule has 0 unspecified atom stereocenters. The number of rotatable bonds is 9. The van der Waals surface area contributed by atoms with Gasteiger partial charge in [0.1, 0.15) is 11.5 Å². The third kappa shape index (κ3) is 6.72. The number of anilines is 2. The van der Waals surface area contributed by atoms with Crippen LogP contribution >= 0.6 is 0 Å². The SMILES string of the molecule is CCOc1cc(NC(=O)c2ccccc2)c(OCC)cc1NC(=O)CN1CCCCCC1. The molecule has 2 aromatic carbocycles. The first-order valence-electron chi connectivity index (χ1n) is 11.4.